The Morgan fingerprint density at radius 1 is 1.00 bits per heavy atom. The summed E-state index contributed by atoms with van der Waals surface area (Å²) in [5, 5.41) is 10.5. The van der Waals surface area contributed by atoms with E-state index in [2.05, 4.69) is 15.5 Å². The topological polar surface area (TPSA) is 95.2 Å². The number of hydrogen-bond donors (Lipinski definition) is 2. The van der Waals surface area contributed by atoms with Crippen LogP contribution in [0.2, 0.25) is 0 Å². The van der Waals surface area contributed by atoms with E-state index in [1.807, 2.05) is 12.1 Å². The van der Waals surface area contributed by atoms with Gasteiger partial charge in [-0.3, -0.25) is 14.2 Å². The molecule has 0 radical (unpaired) electrons. The van der Waals surface area contributed by atoms with Crippen molar-refractivity contribution in [2.45, 2.75) is 4.90 Å². The number of fused-ring (bicyclic) bond motifs is 1. The van der Waals surface area contributed by atoms with Gasteiger partial charge in [-0.05, 0) is 48.5 Å². The van der Waals surface area contributed by atoms with Crippen LogP contribution in [0.1, 0.15) is 10.4 Å². The third-order valence-electron chi connectivity index (χ3n) is 4.57. The Morgan fingerprint density at radius 3 is 2.59 bits per heavy atom. The van der Waals surface area contributed by atoms with Gasteiger partial charge in [-0.1, -0.05) is 24.3 Å². The molecule has 1 aromatic heterocycles. The minimum absolute atomic E-state index is 0.0433. The molecule has 0 aliphatic heterocycles. The number of nitrogens with one attached hydrogen (secondary N) is 2. The van der Waals surface area contributed by atoms with Crippen molar-refractivity contribution in [3.8, 4) is 0 Å². The lowest BCUT2D eigenvalue weighted by molar-refractivity contribution is 0.102. The van der Waals surface area contributed by atoms with Crippen LogP contribution in [-0.2, 0) is 10.0 Å². The summed E-state index contributed by atoms with van der Waals surface area (Å²) in [5.41, 5.74) is 2.24. The molecule has 29 heavy (non-hydrogen) atoms. The quantitative estimate of drug-likeness (QED) is 0.529. The highest BCUT2D eigenvalue weighted by Crippen LogP contribution is 2.23. The van der Waals surface area contributed by atoms with E-state index < -0.39 is 15.9 Å². The third-order valence-corrected chi connectivity index (χ3v) is 6.35. The van der Waals surface area contributed by atoms with Gasteiger partial charge in [-0.2, -0.15) is 5.10 Å². The number of nitrogens with zero attached hydrogens (tertiary/aromatic N) is 2. The second-order valence-corrected chi connectivity index (χ2v) is 8.43. The van der Waals surface area contributed by atoms with Crippen molar-refractivity contribution in [3.63, 3.8) is 0 Å². The average Bonchev–Trinajstić information content (AvgIpc) is 3.22. The number of amides is 1. The molecule has 1 amide bonds. The Bertz CT molecular complexity index is 1280. The summed E-state index contributed by atoms with van der Waals surface area (Å²) < 4.78 is 27.1. The highest BCUT2D eigenvalue weighted by molar-refractivity contribution is 7.92. The first-order chi connectivity index (χ1) is 13.9. The fourth-order valence-corrected chi connectivity index (χ4v) is 4.20. The molecule has 7 nitrogen and oxygen atoms in total. The zero-order valence-electron chi connectivity index (χ0n) is 15.5. The highest BCUT2D eigenvalue weighted by atomic mass is 32.2. The number of rotatable bonds is 5. The molecule has 1 heterocycles. The number of sulfonamides is 1. The zero-order chi connectivity index (χ0) is 20.4. The van der Waals surface area contributed by atoms with E-state index >= 15 is 0 Å². The molecule has 4 rings (SSSR count). The maximum atomic E-state index is 13.0. The number of hydrogen-bond acceptors (Lipinski definition) is 4. The van der Waals surface area contributed by atoms with Gasteiger partial charge in [0, 0.05) is 23.7 Å². The van der Waals surface area contributed by atoms with Gasteiger partial charge in [0.25, 0.3) is 15.9 Å². The molecule has 146 valence electrons. The monoisotopic (exact) mass is 406 g/mol. The van der Waals surface area contributed by atoms with E-state index in [9.17, 15) is 13.2 Å². The van der Waals surface area contributed by atoms with Gasteiger partial charge in [-0.15, -0.1) is 0 Å². The molecule has 0 spiro atoms. The van der Waals surface area contributed by atoms with Crippen LogP contribution in [0.5, 0.6) is 0 Å². The average molecular weight is 406 g/mol. The number of para-hydroxylation sites is 1. The van der Waals surface area contributed by atoms with Crippen LogP contribution in [0.4, 0.5) is 11.4 Å². The van der Waals surface area contributed by atoms with Gasteiger partial charge < -0.3 is 5.32 Å². The molecule has 0 unspecified atom stereocenters. The van der Waals surface area contributed by atoms with Crippen molar-refractivity contribution < 1.29 is 13.2 Å². The molecule has 0 bridgehead atoms. The molecule has 0 aliphatic rings. The fraction of sp³-hybridized carbons (Fsp3) is 0.0476. The molecular weight excluding hydrogens is 388 g/mol. The van der Waals surface area contributed by atoms with Crippen molar-refractivity contribution in [2.75, 3.05) is 16.7 Å². The van der Waals surface area contributed by atoms with Crippen LogP contribution >= 0.6 is 0 Å². The summed E-state index contributed by atoms with van der Waals surface area (Å²) in [6.45, 7) is 0. The number of carbonyl (C=O) groups is 1. The van der Waals surface area contributed by atoms with Gasteiger partial charge >= 0.3 is 0 Å². The van der Waals surface area contributed by atoms with Crippen LogP contribution < -0.4 is 9.62 Å². The second kappa shape index (κ2) is 7.40. The van der Waals surface area contributed by atoms with E-state index in [0.29, 0.717) is 11.4 Å². The van der Waals surface area contributed by atoms with Gasteiger partial charge in [0.1, 0.15) is 0 Å². The Balaban J connectivity index is 1.59. The lowest BCUT2D eigenvalue weighted by Gasteiger charge is -2.19. The molecule has 0 saturated heterocycles. The maximum Gasteiger partial charge on any atom is 0.264 e. The first-order valence-electron chi connectivity index (χ1n) is 8.84. The van der Waals surface area contributed by atoms with E-state index in [0.717, 1.165) is 10.9 Å². The Labute approximate surface area is 168 Å². The fourth-order valence-electron chi connectivity index (χ4n) is 2.96. The minimum atomic E-state index is -3.80. The molecule has 3 aromatic carbocycles. The van der Waals surface area contributed by atoms with Gasteiger partial charge in [0.05, 0.1) is 22.3 Å². The van der Waals surface area contributed by atoms with Crippen LogP contribution in [0, 0.1) is 0 Å². The van der Waals surface area contributed by atoms with Crippen LogP contribution in [0.3, 0.4) is 0 Å². The largest absolute Gasteiger partial charge is 0.322 e. The molecule has 0 fully saturated rings. The highest BCUT2D eigenvalue weighted by Gasteiger charge is 2.22. The van der Waals surface area contributed by atoms with E-state index in [1.54, 1.807) is 54.7 Å². The molecule has 4 aromatic rings. The first kappa shape index (κ1) is 18.7. The number of carbonyl (C=O) groups excluding carboxylic acids is 1. The van der Waals surface area contributed by atoms with Crippen molar-refractivity contribution in [2.24, 2.45) is 0 Å². The van der Waals surface area contributed by atoms with Crippen molar-refractivity contribution >= 4 is 38.2 Å². The standard InChI is InChI=1S/C21H18N4O3S/c1-25(18-7-3-2-4-8-18)29(27,28)19-9-5-6-15(13-19)21(26)23-17-10-11-20-16(12-17)14-22-24-20/h2-14H,1H3,(H,22,24)(H,23,26). The van der Waals surface area contributed by atoms with Crippen molar-refractivity contribution in [3.05, 3.63) is 84.6 Å². The number of aromatic amines is 1. The van der Waals surface area contributed by atoms with E-state index in [1.165, 1.54) is 23.5 Å². The van der Waals surface area contributed by atoms with Gasteiger partial charge in [0.2, 0.25) is 0 Å². The maximum absolute atomic E-state index is 13.0. The summed E-state index contributed by atoms with van der Waals surface area (Å²) in [4.78, 5) is 12.7. The summed E-state index contributed by atoms with van der Waals surface area (Å²) in [6, 6.07) is 20.1. The van der Waals surface area contributed by atoms with Crippen LogP contribution in [-0.4, -0.2) is 31.6 Å². The number of benzene rings is 3. The van der Waals surface area contributed by atoms with Crippen LogP contribution in [0.15, 0.2) is 83.9 Å². The van der Waals surface area contributed by atoms with Crippen molar-refractivity contribution in [1.82, 2.24) is 10.2 Å². The van der Waals surface area contributed by atoms with E-state index in [-0.39, 0.29) is 10.5 Å². The normalized spacial score (nSPS) is 11.3. The van der Waals surface area contributed by atoms with Crippen molar-refractivity contribution in [1.29, 1.82) is 0 Å². The SMILES string of the molecule is CN(c1ccccc1)S(=O)(=O)c1cccc(C(=O)Nc2ccc3[nH]ncc3c2)c1. The van der Waals surface area contributed by atoms with Gasteiger partial charge in [0.15, 0.2) is 0 Å². The predicted molar refractivity (Wildman–Crippen MR) is 113 cm³/mol. The lowest BCUT2D eigenvalue weighted by Crippen LogP contribution is -2.26. The van der Waals surface area contributed by atoms with Gasteiger partial charge in [-0.25, -0.2) is 8.42 Å². The summed E-state index contributed by atoms with van der Waals surface area (Å²) in [7, 11) is -2.32. The first-order valence-corrected chi connectivity index (χ1v) is 10.3. The Hall–Kier alpha value is -3.65. The Morgan fingerprint density at radius 2 is 1.79 bits per heavy atom. The molecular formula is C21H18N4O3S. The molecule has 0 atom stereocenters. The molecule has 8 heteroatoms. The number of aromatic nitrogens is 2. The number of H-pyrrole nitrogens is 1. The predicted octanol–water partition coefficient (Wildman–Crippen LogP) is 3.64. The smallest absolute Gasteiger partial charge is 0.264 e. The molecule has 2 N–H and O–H groups in total. The molecule has 0 aliphatic carbocycles. The molecule has 0 saturated carbocycles. The Kier molecular flexibility index (Phi) is 4.77. The number of anilines is 2. The second-order valence-electron chi connectivity index (χ2n) is 6.46. The summed E-state index contributed by atoms with van der Waals surface area (Å²) in [6.07, 6.45) is 1.66. The summed E-state index contributed by atoms with van der Waals surface area (Å²) >= 11 is 0. The third kappa shape index (κ3) is 3.70. The van der Waals surface area contributed by atoms with Crippen LogP contribution in [0.25, 0.3) is 10.9 Å². The van der Waals surface area contributed by atoms with E-state index in [4.69, 9.17) is 0 Å². The minimum Gasteiger partial charge on any atom is -0.322 e. The lowest BCUT2D eigenvalue weighted by atomic mass is 10.2. The summed E-state index contributed by atoms with van der Waals surface area (Å²) in [5.74, 6) is -0.396. The zero-order valence-corrected chi connectivity index (χ0v) is 16.3.